The van der Waals surface area contributed by atoms with Crippen LogP contribution in [-0.2, 0) is 4.79 Å². The molecule has 20 heavy (non-hydrogen) atoms. The van der Waals surface area contributed by atoms with Crippen molar-refractivity contribution in [3.63, 3.8) is 0 Å². The topological polar surface area (TPSA) is 105 Å². The second-order valence-corrected chi connectivity index (χ2v) is 5.44. The summed E-state index contributed by atoms with van der Waals surface area (Å²) in [5, 5.41) is 5.94. The van der Waals surface area contributed by atoms with Gasteiger partial charge in [0.1, 0.15) is 23.5 Å². The van der Waals surface area contributed by atoms with E-state index in [2.05, 4.69) is 26.0 Å². The molecule has 0 radical (unpaired) electrons. The molecule has 0 bridgehead atoms. The van der Waals surface area contributed by atoms with Crippen LogP contribution in [0.1, 0.15) is 45.4 Å². The second kappa shape index (κ2) is 6.04. The molecule has 1 amide bonds. The highest BCUT2D eigenvalue weighted by molar-refractivity contribution is 5.84. The van der Waals surface area contributed by atoms with Crippen LogP contribution in [0.5, 0.6) is 0 Å². The molecule has 1 aromatic heterocycles. The van der Waals surface area contributed by atoms with E-state index in [4.69, 9.17) is 5.84 Å². The molecular formula is C13H22N6O. The van der Waals surface area contributed by atoms with E-state index in [0.29, 0.717) is 17.6 Å². The largest absolute Gasteiger partial charge is 0.358 e. The van der Waals surface area contributed by atoms with Gasteiger partial charge < -0.3 is 16.1 Å². The fourth-order valence-electron chi connectivity index (χ4n) is 1.83. The van der Waals surface area contributed by atoms with Crippen molar-refractivity contribution in [2.75, 3.05) is 10.7 Å². The van der Waals surface area contributed by atoms with Gasteiger partial charge in [-0.3, -0.25) is 4.79 Å². The van der Waals surface area contributed by atoms with Crippen molar-refractivity contribution >= 4 is 17.5 Å². The number of hydrogen-bond acceptors (Lipinski definition) is 6. The molecule has 5 N–H and O–H groups in total. The van der Waals surface area contributed by atoms with E-state index in [-0.39, 0.29) is 18.0 Å². The average Bonchev–Trinajstić information content (AvgIpc) is 3.21. The van der Waals surface area contributed by atoms with E-state index >= 15 is 0 Å². The van der Waals surface area contributed by atoms with Gasteiger partial charge in [0, 0.05) is 18.0 Å². The summed E-state index contributed by atoms with van der Waals surface area (Å²) in [6.45, 7) is 5.65. The maximum atomic E-state index is 11.9. The normalized spacial score (nSPS) is 15.8. The summed E-state index contributed by atoms with van der Waals surface area (Å²) >= 11 is 0. The molecule has 7 heteroatoms. The number of hydrazine groups is 1. The Balaban J connectivity index is 2.07. The Morgan fingerprint density at radius 1 is 1.30 bits per heavy atom. The fourth-order valence-corrected chi connectivity index (χ4v) is 1.83. The van der Waals surface area contributed by atoms with Crippen LogP contribution in [0.25, 0.3) is 0 Å². The predicted octanol–water partition coefficient (Wildman–Crippen LogP) is 0.965. The van der Waals surface area contributed by atoms with E-state index in [1.54, 1.807) is 13.0 Å². The molecule has 110 valence electrons. The molecule has 0 aromatic carbocycles. The highest BCUT2D eigenvalue weighted by atomic mass is 16.2. The molecular weight excluding hydrogens is 256 g/mol. The second-order valence-electron chi connectivity index (χ2n) is 5.44. The summed E-state index contributed by atoms with van der Waals surface area (Å²) < 4.78 is 0. The number of carbonyl (C=O) groups is 1. The number of rotatable bonds is 6. The van der Waals surface area contributed by atoms with E-state index < -0.39 is 0 Å². The van der Waals surface area contributed by atoms with Gasteiger partial charge in [0.2, 0.25) is 5.91 Å². The molecule has 7 nitrogen and oxygen atoms in total. The van der Waals surface area contributed by atoms with Crippen molar-refractivity contribution in [3.05, 3.63) is 11.9 Å². The molecule has 0 saturated heterocycles. The van der Waals surface area contributed by atoms with Gasteiger partial charge in [-0.2, -0.15) is 0 Å². The van der Waals surface area contributed by atoms with E-state index in [9.17, 15) is 4.79 Å². The zero-order valence-electron chi connectivity index (χ0n) is 12.1. The zero-order valence-corrected chi connectivity index (χ0v) is 12.1. The molecule has 1 aliphatic rings. The lowest BCUT2D eigenvalue weighted by atomic mass is 10.2. The SMILES string of the molecule is CC(C)NC(=O)C(C)Nc1cc(NN)nc(C2CC2)n1. The van der Waals surface area contributed by atoms with E-state index in [0.717, 1.165) is 18.7 Å². The van der Waals surface area contributed by atoms with Gasteiger partial charge >= 0.3 is 0 Å². The predicted molar refractivity (Wildman–Crippen MR) is 78.2 cm³/mol. The van der Waals surface area contributed by atoms with Gasteiger partial charge in [0.05, 0.1) is 0 Å². The number of aromatic nitrogens is 2. The van der Waals surface area contributed by atoms with Gasteiger partial charge in [-0.15, -0.1) is 0 Å². The lowest BCUT2D eigenvalue weighted by molar-refractivity contribution is -0.122. The number of hydrogen-bond donors (Lipinski definition) is 4. The smallest absolute Gasteiger partial charge is 0.242 e. The molecule has 1 saturated carbocycles. The van der Waals surface area contributed by atoms with Crippen LogP contribution in [0, 0.1) is 0 Å². The highest BCUT2D eigenvalue weighted by Gasteiger charge is 2.27. The van der Waals surface area contributed by atoms with Crippen molar-refractivity contribution in [3.8, 4) is 0 Å². The van der Waals surface area contributed by atoms with E-state index in [1.807, 2.05) is 13.8 Å². The minimum absolute atomic E-state index is 0.0613. The van der Waals surface area contributed by atoms with Crippen LogP contribution < -0.4 is 21.9 Å². The van der Waals surface area contributed by atoms with Crippen molar-refractivity contribution in [1.82, 2.24) is 15.3 Å². The number of carbonyl (C=O) groups excluding carboxylic acids is 1. The molecule has 1 aromatic rings. The third kappa shape index (κ3) is 3.80. The first-order valence-electron chi connectivity index (χ1n) is 6.92. The van der Waals surface area contributed by atoms with Crippen LogP contribution in [0.15, 0.2) is 6.07 Å². The Morgan fingerprint density at radius 2 is 1.95 bits per heavy atom. The summed E-state index contributed by atoms with van der Waals surface area (Å²) in [7, 11) is 0. The number of nitrogens with zero attached hydrogens (tertiary/aromatic N) is 2. The third-order valence-corrected chi connectivity index (χ3v) is 3.02. The first kappa shape index (κ1) is 14.5. The molecule has 2 rings (SSSR count). The zero-order chi connectivity index (χ0) is 14.7. The lowest BCUT2D eigenvalue weighted by Crippen LogP contribution is -2.41. The standard InChI is InChI=1S/C13H22N6O/c1-7(2)15-13(20)8(3)16-10-6-11(19-14)18-12(17-10)9-4-5-9/h6-9H,4-5,14H2,1-3H3,(H,15,20)(H2,16,17,18,19). The van der Waals surface area contributed by atoms with Gasteiger partial charge in [0.15, 0.2) is 0 Å². The third-order valence-electron chi connectivity index (χ3n) is 3.02. The molecule has 0 aliphatic heterocycles. The van der Waals surface area contributed by atoms with Crippen LogP contribution in [-0.4, -0.2) is 28.0 Å². The summed E-state index contributed by atoms with van der Waals surface area (Å²) in [6.07, 6.45) is 2.22. The molecule has 1 fully saturated rings. The van der Waals surface area contributed by atoms with E-state index in [1.165, 1.54) is 0 Å². The Bertz CT molecular complexity index is 486. The van der Waals surface area contributed by atoms with Crippen LogP contribution in [0.3, 0.4) is 0 Å². The molecule has 1 unspecified atom stereocenters. The monoisotopic (exact) mass is 278 g/mol. The first-order valence-corrected chi connectivity index (χ1v) is 6.92. The Morgan fingerprint density at radius 3 is 2.50 bits per heavy atom. The minimum atomic E-state index is -0.370. The number of nitrogens with two attached hydrogens (primary N) is 1. The number of nitrogens with one attached hydrogen (secondary N) is 3. The molecule has 0 spiro atoms. The summed E-state index contributed by atoms with van der Waals surface area (Å²) in [6, 6.07) is 1.44. The average molecular weight is 278 g/mol. The molecule has 1 aliphatic carbocycles. The van der Waals surface area contributed by atoms with Gasteiger partial charge in [0.25, 0.3) is 0 Å². The Hall–Kier alpha value is -1.89. The highest BCUT2D eigenvalue weighted by Crippen LogP contribution is 2.38. The van der Waals surface area contributed by atoms with Gasteiger partial charge in [-0.25, -0.2) is 15.8 Å². The van der Waals surface area contributed by atoms with Crippen molar-refractivity contribution in [2.45, 2.75) is 51.6 Å². The lowest BCUT2D eigenvalue weighted by Gasteiger charge is -2.17. The molecule has 1 heterocycles. The maximum Gasteiger partial charge on any atom is 0.242 e. The Labute approximate surface area is 118 Å². The minimum Gasteiger partial charge on any atom is -0.358 e. The summed E-state index contributed by atoms with van der Waals surface area (Å²) in [4.78, 5) is 20.7. The van der Waals surface area contributed by atoms with Gasteiger partial charge in [-0.1, -0.05) is 0 Å². The van der Waals surface area contributed by atoms with Crippen molar-refractivity contribution < 1.29 is 4.79 Å². The van der Waals surface area contributed by atoms with Crippen LogP contribution in [0.4, 0.5) is 11.6 Å². The summed E-state index contributed by atoms with van der Waals surface area (Å²) in [5.74, 6) is 7.72. The fraction of sp³-hybridized carbons (Fsp3) is 0.615. The first-order chi connectivity index (χ1) is 9.49. The van der Waals surface area contributed by atoms with Crippen LogP contribution in [0.2, 0.25) is 0 Å². The quantitative estimate of drug-likeness (QED) is 0.456. The number of nitrogen functional groups attached to an aromatic ring is 1. The van der Waals surface area contributed by atoms with Gasteiger partial charge in [-0.05, 0) is 33.6 Å². The maximum absolute atomic E-state index is 11.9. The van der Waals surface area contributed by atoms with Crippen molar-refractivity contribution in [1.29, 1.82) is 0 Å². The number of amides is 1. The summed E-state index contributed by atoms with van der Waals surface area (Å²) in [5.41, 5.74) is 2.53. The number of anilines is 2. The molecule has 1 atom stereocenters. The van der Waals surface area contributed by atoms with Crippen LogP contribution >= 0.6 is 0 Å². The Kier molecular flexibility index (Phi) is 4.39. The van der Waals surface area contributed by atoms with Crippen molar-refractivity contribution in [2.24, 2.45) is 5.84 Å².